The largest absolute Gasteiger partial charge is 0.316 e. The Hall–Kier alpha value is -0.820. The van der Waals surface area contributed by atoms with E-state index in [-0.39, 0.29) is 0 Å². The van der Waals surface area contributed by atoms with Gasteiger partial charge < -0.3 is 5.32 Å². The third-order valence-corrected chi connectivity index (χ3v) is 4.17. The summed E-state index contributed by atoms with van der Waals surface area (Å²) in [6, 6.07) is 7.10. The van der Waals surface area contributed by atoms with Crippen LogP contribution in [0.2, 0.25) is 0 Å². The van der Waals surface area contributed by atoms with Crippen molar-refractivity contribution >= 4 is 0 Å². The zero-order valence-corrected chi connectivity index (χ0v) is 9.47. The van der Waals surface area contributed by atoms with E-state index in [1.807, 2.05) is 0 Å². The lowest BCUT2D eigenvalue weighted by molar-refractivity contribution is 0.143. The third-order valence-electron chi connectivity index (χ3n) is 4.17. The van der Waals surface area contributed by atoms with Gasteiger partial charge in [0.05, 0.1) is 0 Å². The molecule has 1 aliphatic carbocycles. The molecule has 3 rings (SSSR count). The SMILES string of the molecule is CCc1ccc2c(c1)CCC1(CNC1)C2. The minimum atomic E-state index is 0.626. The number of benzene rings is 1. The number of rotatable bonds is 1. The number of aryl methyl sites for hydroxylation is 2. The molecule has 80 valence electrons. The standard InChI is InChI=1S/C14H19N/c1-2-11-3-4-13-8-14(9-15-10-14)6-5-12(13)7-11/h3-4,7,15H,2,5-6,8-10H2,1H3. The highest BCUT2D eigenvalue weighted by molar-refractivity contribution is 5.36. The highest BCUT2D eigenvalue weighted by atomic mass is 15.0. The van der Waals surface area contributed by atoms with Crippen molar-refractivity contribution in [3.63, 3.8) is 0 Å². The van der Waals surface area contributed by atoms with E-state index in [0.717, 1.165) is 0 Å². The van der Waals surface area contributed by atoms with Crippen LogP contribution >= 0.6 is 0 Å². The second-order valence-electron chi connectivity index (χ2n) is 5.24. The lowest BCUT2D eigenvalue weighted by atomic mass is 9.68. The Labute approximate surface area is 91.9 Å². The van der Waals surface area contributed by atoms with Crippen LogP contribution in [-0.4, -0.2) is 13.1 Å². The molecule has 0 aromatic heterocycles. The fraction of sp³-hybridized carbons (Fsp3) is 0.571. The van der Waals surface area contributed by atoms with Crippen LogP contribution in [0.5, 0.6) is 0 Å². The summed E-state index contributed by atoms with van der Waals surface area (Å²) in [5, 5.41) is 3.43. The first-order valence-electron chi connectivity index (χ1n) is 6.13. The molecule has 1 aromatic carbocycles. The van der Waals surface area contributed by atoms with Crippen LogP contribution in [0.3, 0.4) is 0 Å². The Morgan fingerprint density at radius 3 is 2.80 bits per heavy atom. The monoisotopic (exact) mass is 201 g/mol. The van der Waals surface area contributed by atoms with Gasteiger partial charge in [-0.1, -0.05) is 25.1 Å². The Morgan fingerprint density at radius 2 is 2.13 bits per heavy atom. The summed E-state index contributed by atoms with van der Waals surface area (Å²) >= 11 is 0. The molecule has 1 nitrogen and oxygen atoms in total. The van der Waals surface area contributed by atoms with E-state index in [0.29, 0.717) is 5.41 Å². The van der Waals surface area contributed by atoms with Gasteiger partial charge in [-0.2, -0.15) is 0 Å². The molecule has 1 aliphatic heterocycles. The molecule has 1 heteroatoms. The Bertz CT molecular complexity index is 377. The molecule has 1 heterocycles. The van der Waals surface area contributed by atoms with Crippen molar-refractivity contribution < 1.29 is 0 Å². The molecule has 0 amide bonds. The van der Waals surface area contributed by atoms with Gasteiger partial charge >= 0.3 is 0 Å². The van der Waals surface area contributed by atoms with Gasteiger partial charge in [-0.3, -0.25) is 0 Å². The van der Waals surface area contributed by atoms with Crippen LogP contribution < -0.4 is 5.32 Å². The van der Waals surface area contributed by atoms with Gasteiger partial charge in [0, 0.05) is 13.1 Å². The van der Waals surface area contributed by atoms with Crippen LogP contribution in [0.25, 0.3) is 0 Å². The quantitative estimate of drug-likeness (QED) is 0.735. The maximum Gasteiger partial charge on any atom is 0.00235 e. The van der Waals surface area contributed by atoms with E-state index in [2.05, 4.69) is 30.4 Å². The number of nitrogens with one attached hydrogen (secondary N) is 1. The minimum absolute atomic E-state index is 0.626. The Kier molecular flexibility index (Phi) is 2.10. The maximum absolute atomic E-state index is 3.43. The van der Waals surface area contributed by atoms with Crippen LogP contribution in [0.4, 0.5) is 0 Å². The van der Waals surface area contributed by atoms with E-state index in [9.17, 15) is 0 Å². The summed E-state index contributed by atoms with van der Waals surface area (Å²) in [6.07, 6.45) is 5.16. The minimum Gasteiger partial charge on any atom is -0.316 e. The van der Waals surface area contributed by atoms with E-state index >= 15 is 0 Å². The van der Waals surface area contributed by atoms with E-state index in [1.54, 1.807) is 11.1 Å². The molecule has 1 saturated heterocycles. The van der Waals surface area contributed by atoms with Gasteiger partial charge in [0.1, 0.15) is 0 Å². The third kappa shape index (κ3) is 1.50. The van der Waals surface area contributed by atoms with Gasteiger partial charge in [-0.05, 0) is 47.8 Å². The number of fused-ring (bicyclic) bond motifs is 1. The van der Waals surface area contributed by atoms with Crippen molar-refractivity contribution in [1.82, 2.24) is 5.32 Å². The predicted octanol–water partition coefficient (Wildman–Crippen LogP) is 2.33. The molecule has 1 aromatic rings. The highest BCUT2D eigenvalue weighted by Gasteiger charge is 2.39. The molecule has 2 aliphatic rings. The molecule has 0 radical (unpaired) electrons. The van der Waals surface area contributed by atoms with Crippen molar-refractivity contribution in [2.45, 2.75) is 32.6 Å². The second-order valence-corrected chi connectivity index (χ2v) is 5.24. The molecule has 1 fully saturated rings. The Balaban J connectivity index is 1.90. The molecule has 0 bridgehead atoms. The molecular weight excluding hydrogens is 182 g/mol. The topological polar surface area (TPSA) is 12.0 Å². The van der Waals surface area contributed by atoms with Crippen molar-refractivity contribution in [2.24, 2.45) is 5.41 Å². The zero-order valence-electron chi connectivity index (χ0n) is 9.47. The van der Waals surface area contributed by atoms with Crippen LogP contribution in [0.1, 0.15) is 30.0 Å². The highest BCUT2D eigenvalue weighted by Crippen LogP contribution is 2.38. The maximum atomic E-state index is 3.43. The van der Waals surface area contributed by atoms with Crippen LogP contribution in [0, 0.1) is 5.41 Å². The van der Waals surface area contributed by atoms with E-state index in [4.69, 9.17) is 0 Å². The summed E-state index contributed by atoms with van der Waals surface area (Å²) in [5.41, 5.74) is 5.35. The zero-order chi connectivity index (χ0) is 10.3. The van der Waals surface area contributed by atoms with Gasteiger partial charge in [0.25, 0.3) is 0 Å². The first-order chi connectivity index (χ1) is 7.31. The molecular formula is C14H19N. The Morgan fingerprint density at radius 1 is 1.27 bits per heavy atom. The first-order valence-corrected chi connectivity index (χ1v) is 6.13. The molecule has 1 spiro atoms. The lowest BCUT2D eigenvalue weighted by Crippen LogP contribution is -2.56. The lowest BCUT2D eigenvalue weighted by Gasteiger charge is -2.46. The van der Waals surface area contributed by atoms with E-state index in [1.165, 1.54) is 44.3 Å². The van der Waals surface area contributed by atoms with E-state index < -0.39 is 0 Å². The van der Waals surface area contributed by atoms with Crippen LogP contribution in [0.15, 0.2) is 18.2 Å². The fourth-order valence-corrected chi connectivity index (χ4v) is 2.98. The summed E-state index contributed by atoms with van der Waals surface area (Å²) in [6.45, 7) is 4.71. The van der Waals surface area contributed by atoms with Gasteiger partial charge in [0.15, 0.2) is 0 Å². The molecule has 0 saturated carbocycles. The normalized spacial score (nSPS) is 22.2. The second kappa shape index (κ2) is 3.34. The fourth-order valence-electron chi connectivity index (χ4n) is 2.98. The number of hydrogen-bond acceptors (Lipinski definition) is 1. The van der Waals surface area contributed by atoms with Crippen molar-refractivity contribution in [1.29, 1.82) is 0 Å². The first kappa shape index (κ1) is 9.41. The van der Waals surface area contributed by atoms with Crippen molar-refractivity contribution in [2.75, 3.05) is 13.1 Å². The summed E-state index contributed by atoms with van der Waals surface area (Å²) in [7, 11) is 0. The van der Waals surface area contributed by atoms with Crippen molar-refractivity contribution in [3.8, 4) is 0 Å². The summed E-state index contributed by atoms with van der Waals surface area (Å²) < 4.78 is 0. The number of hydrogen-bond donors (Lipinski definition) is 1. The van der Waals surface area contributed by atoms with Crippen LogP contribution in [-0.2, 0) is 19.3 Å². The van der Waals surface area contributed by atoms with Crippen molar-refractivity contribution in [3.05, 3.63) is 34.9 Å². The average molecular weight is 201 g/mol. The molecule has 0 atom stereocenters. The molecule has 1 N–H and O–H groups in total. The summed E-state index contributed by atoms with van der Waals surface area (Å²) in [4.78, 5) is 0. The van der Waals surface area contributed by atoms with Gasteiger partial charge in [0.2, 0.25) is 0 Å². The molecule has 15 heavy (non-hydrogen) atoms. The average Bonchev–Trinajstić information content (AvgIpc) is 2.25. The smallest absolute Gasteiger partial charge is 0.00235 e. The van der Waals surface area contributed by atoms with Gasteiger partial charge in [-0.25, -0.2) is 0 Å². The summed E-state index contributed by atoms with van der Waals surface area (Å²) in [5.74, 6) is 0. The molecule has 0 unspecified atom stereocenters. The van der Waals surface area contributed by atoms with Gasteiger partial charge in [-0.15, -0.1) is 0 Å². The predicted molar refractivity (Wildman–Crippen MR) is 63.1 cm³/mol.